The van der Waals surface area contributed by atoms with Gasteiger partial charge < -0.3 is 5.73 Å². The fourth-order valence-corrected chi connectivity index (χ4v) is 1.93. The van der Waals surface area contributed by atoms with Crippen molar-refractivity contribution >= 4 is 5.78 Å². The molecule has 2 nitrogen and oxygen atoms in total. The van der Waals surface area contributed by atoms with E-state index in [0.29, 0.717) is 0 Å². The van der Waals surface area contributed by atoms with Crippen LogP contribution in [0.4, 0.5) is 0 Å². The average Bonchev–Trinajstić information content (AvgIpc) is 2.69. The third-order valence-electron chi connectivity index (χ3n) is 2.83. The summed E-state index contributed by atoms with van der Waals surface area (Å²) >= 11 is 0. The van der Waals surface area contributed by atoms with Gasteiger partial charge in [-0.1, -0.05) is 26.7 Å². The van der Waals surface area contributed by atoms with Gasteiger partial charge in [-0.15, -0.1) is 0 Å². The van der Waals surface area contributed by atoms with Crippen LogP contribution in [0.1, 0.15) is 46.5 Å². The molecule has 0 saturated heterocycles. The average molecular weight is 183 g/mol. The van der Waals surface area contributed by atoms with Gasteiger partial charge in [0.15, 0.2) is 0 Å². The van der Waals surface area contributed by atoms with Crippen LogP contribution in [0.5, 0.6) is 0 Å². The van der Waals surface area contributed by atoms with E-state index in [2.05, 4.69) is 13.8 Å². The van der Waals surface area contributed by atoms with E-state index in [-0.39, 0.29) is 17.2 Å². The van der Waals surface area contributed by atoms with Crippen LogP contribution >= 0.6 is 0 Å². The number of hydrogen-bond acceptors (Lipinski definition) is 2. The maximum atomic E-state index is 11.0. The smallest absolute Gasteiger partial charge is 0.146 e. The Morgan fingerprint density at radius 1 is 1.54 bits per heavy atom. The highest BCUT2D eigenvalue weighted by Crippen LogP contribution is 2.41. The Morgan fingerprint density at radius 2 is 2.08 bits per heavy atom. The maximum absolute atomic E-state index is 11.0. The summed E-state index contributed by atoms with van der Waals surface area (Å²) in [5.74, 6) is 1.03. The molecule has 76 valence electrons. The molecule has 0 amide bonds. The molecule has 2 heteroatoms. The molecule has 1 aliphatic carbocycles. The molecule has 1 fully saturated rings. The van der Waals surface area contributed by atoms with E-state index in [4.69, 9.17) is 5.73 Å². The Kier molecular flexibility index (Phi) is 3.12. The number of carbonyl (C=O) groups excluding carboxylic acids is 1. The number of hydrogen-bond donors (Lipinski definition) is 1. The Balaban J connectivity index is 2.34. The number of Topliss-reactive ketones (excluding diaryl/α,β-unsaturated/α-hetero) is 1. The molecule has 1 rings (SSSR count). The molecule has 0 aromatic heterocycles. The minimum absolute atomic E-state index is 0.115. The van der Waals surface area contributed by atoms with Gasteiger partial charge in [0, 0.05) is 0 Å². The molecule has 0 bridgehead atoms. The van der Waals surface area contributed by atoms with Crippen LogP contribution in [0, 0.1) is 11.3 Å². The van der Waals surface area contributed by atoms with E-state index in [1.54, 1.807) is 6.92 Å². The first-order chi connectivity index (χ1) is 5.91. The highest BCUT2D eigenvalue weighted by Gasteiger charge is 2.31. The first kappa shape index (κ1) is 10.7. The van der Waals surface area contributed by atoms with Crippen LogP contribution in [0.25, 0.3) is 0 Å². The van der Waals surface area contributed by atoms with Crippen molar-refractivity contribution in [3.05, 3.63) is 0 Å². The van der Waals surface area contributed by atoms with Crippen molar-refractivity contribution in [1.82, 2.24) is 0 Å². The van der Waals surface area contributed by atoms with Crippen LogP contribution in [-0.4, -0.2) is 11.8 Å². The van der Waals surface area contributed by atoms with Gasteiger partial charge in [0.05, 0.1) is 6.04 Å². The summed E-state index contributed by atoms with van der Waals surface area (Å²) in [5.41, 5.74) is 5.99. The van der Waals surface area contributed by atoms with Crippen LogP contribution < -0.4 is 5.73 Å². The van der Waals surface area contributed by atoms with E-state index in [0.717, 1.165) is 12.3 Å². The summed E-state index contributed by atoms with van der Waals surface area (Å²) < 4.78 is 0. The molecule has 0 aliphatic heterocycles. The van der Waals surface area contributed by atoms with Gasteiger partial charge >= 0.3 is 0 Å². The Labute approximate surface area is 80.9 Å². The zero-order valence-corrected chi connectivity index (χ0v) is 8.97. The van der Waals surface area contributed by atoms with Gasteiger partial charge in [-0.2, -0.15) is 0 Å². The molecule has 2 N–H and O–H groups in total. The monoisotopic (exact) mass is 183 g/mol. The van der Waals surface area contributed by atoms with Crippen molar-refractivity contribution < 1.29 is 4.79 Å². The molecule has 0 aromatic carbocycles. The molecule has 0 aromatic rings. The number of ketones is 1. The lowest BCUT2D eigenvalue weighted by Crippen LogP contribution is -2.34. The fourth-order valence-electron chi connectivity index (χ4n) is 1.93. The molecule has 1 saturated carbocycles. The van der Waals surface area contributed by atoms with E-state index in [1.165, 1.54) is 19.3 Å². The van der Waals surface area contributed by atoms with Crippen molar-refractivity contribution in [2.45, 2.75) is 52.5 Å². The van der Waals surface area contributed by atoms with Gasteiger partial charge in [0.25, 0.3) is 0 Å². The van der Waals surface area contributed by atoms with E-state index in [1.807, 2.05) is 0 Å². The van der Waals surface area contributed by atoms with Crippen molar-refractivity contribution in [2.75, 3.05) is 0 Å². The molecule has 0 heterocycles. The third-order valence-corrected chi connectivity index (χ3v) is 2.83. The molecular weight excluding hydrogens is 162 g/mol. The van der Waals surface area contributed by atoms with Gasteiger partial charge in [0.2, 0.25) is 0 Å². The predicted octanol–water partition coefficient (Wildman–Crippen LogP) is 2.12. The molecule has 1 atom stereocenters. The molecule has 1 unspecified atom stereocenters. The van der Waals surface area contributed by atoms with Gasteiger partial charge in [0.1, 0.15) is 5.78 Å². The minimum atomic E-state index is -0.256. The SMILES string of the molecule is CC(=O)C(N)CC(C)(C)CC1CC1. The first-order valence-corrected chi connectivity index (χ1v) is 5.17. The van der Waals surface area contributed by atoms with Crippen molar-refractivity contribution in [3.63, 3.8) is 0 Å². The van der Waals surface area contributed by atoms with Crippen LogP contribution in [0.2, 0.25) is 0 Å². The van der Waals surface area contributed by atoms with Gasteiger partial charge in [-0.25, -0.2) is 0 Å². The number of nitrogens with two attached hydrogens (primary N) is 1. The summed E-state index contributed by atoms with van der Waals surface area (Å²) in [4.78, 5) is 11.0. The molecule has 0 spiro atoms. The Morgan fingerprint density at radius 3 is 2.46 bits per heavy atom. The van der Waals surface area contributed by atoms with E-state index in [9.17, 15) is 4.79 Å². The van der Waals surface area contributed by atoms with E-state index < -0.39 is 0 Å². The van der Waals surface area contributed by atoms with Crippen molar-refractivity contribution in [2.24, 2.45) is 17.1 Å². The minimum Gasteiger partial charge on any atom is -0.322 e. The second kappa shape index (κ2) is 3.79. The van der Waals surface area contributed by atoms with Crippen LogP contribution in [0.3, 0.4) is 0 Å². The summed E-state index contributed by atoms with van der Waals surface area (Å²) in [6.07, 6.45) is 4.81. The standard InChI is InChI=1S/C11H21NO/c1-8(13)10(12)7-11(2,3)6-9-4-5-9/h9-10H,4-7,12H2,1-3H3. The summed E-state index contributed by atoms with van der Waals surface area (Å²) in [7, 11) is 0. The van der Waals surface area contributed by atoms with Gasteiger partial charge in [-0.3, -0.25) is 4.79 Å². The Hall–Kier alpha value is -0.370. The largest absolute Gasteiger partial charge is 0.322 e. The highest BCUT2D eigenvalue weighted by molar-refractivity contribution is 5.81. The maximum Gasteiger partial charge on any atom is 0.146 e. The van der Waals surface area contributed by atoms with Crippen molar-refractivity contribution in [3.8, 4) is 0 Å². The molecular formula is C11H21NO. The fraction of sp³-hybridized carbons (Fsp3) is 0.909. The lowest BCUT2D eigenvalue weighted by atomic mass is 9.80. The lowest BCUT2D eigenvalue weighted by Gasteiger charge is -2.26. The van der Waals surface area contributed by atoms with Crippen LogP contribution in [0.15, 0.2) is 0 Å². The zero-order valence-electron chi connectivity index (χ0n) is 8.97. The first-order valence-electron chi connectivity index (χ1n) is 5.17. The summed E-state index contributed by atoms with van der Waals surface area (Å²) in [6.45, 7) is 6.01. The topological polar surface area (TPSA) is 43.1 Å². The number of rotatable bonds is 5. The number of carbonyl (C=O) groups is 1. The zero-order chi connectivity index (χ0) is 10.1. The molecule has 13 heavy (non-hydrogen) atoms. The summed E-state index contributed by atoms with van der Waals surface area (Å²) in [6, 6.07) is -0.256. The molecule has 0 radical (unpaired) electrons. The predicted molar refractivity (Wildman–Crippen MR) is 54.4 cm³/mol. The lowest BCUT2D eigenvalue weighted by molar-refractivity contribution is -0.118. The summed E-state index contributed by atoms with van der Waals surface area (Å²) in [5, 5.41) is 0. The second-order valence-electron chi connectivity index (χ2n) is 5.23. The quantitative estimate of drug-likeness (QED) is 0.709. The van der Waals surface area contributed by atoms with E-state index >= 15 is 0 Å². The van der Waals surface area contributed by atoms with Crippen LogP contribution in [-0.2, 0) is 4.79 Å². The molecule has 1 aliphatic rings. The highest BCUT2D eigenvalue weighted by atomic mass is 16.1. The van der Waals surface area contributed by atoms with Crippen molar-refractivity contribution in [1.29, 1.82) is 0 Å². The third kappa shape index (κ3) is 3.90. The second-order valence-corrected chi connectivity index (χ2v) is 5.23. The normalized spacial score (nSPS) is 20.0. The Bertz CT molecular complexity index is 194. The van der Waals surface area contributed by atoms with Gasteiger partial charge in [-0.05, 0) is 31.1 Å².